The van der Waals surface area contributed by atoms with Gasteiger partial charge in [-0.25, -0.2) is 0 Å². The molecule has 0 aliphatic heterocycles. The van der Waals surface area contributed by atoms with Gasteiger partial charge in [-0.2, -0.15) is 0 Å². The van der Waals surface area contributed by atoms with Gasteiger partial charge in [-0.15, -0.1) is 11.3 Å². The average molecular weight is 258 g/mol. The van der Waals surface area contributed by atoms with E-state index in [4.69, 9.17) is 0 Å². The van der Waals surface area contributed by atoms with Crippen LogP contribution in [0.2, 0.25) is 0 Å². The van der Waals surface area contributed by atoms with Gasteiger partial charge in [-0.1, -0.05) is 18.2 Å². The van der Waals surface area contributed by atoms with E-state index >= 15 is 0 Å². The Labute approximate surface area is 108 Å². The normalized spacial score (nSPS) is 11.3. The molecule has 18 heavy (non-hydrogen) atoms. The topological polar surface area (TPSA) is 55.5 Å². The van der Waals surface area contributed by atoms with Crippen molar-refractivity contribution in [1.29, 1.82) is 0 Å². The van der Waals surface area contributed by atoms with Crippen molar-refractivity contribution in [2.45, 2.75) is 0 Å². The predicted octanol–water partition coefficient (Wildman–Crippen LogP) is 3.75. The van der Waals surface area contributed by atoms with E-state index in [2.05, 4.69) is 4.99 Å². The van der Waals surface area contributed by atoms with Crippen molar-refractivity contribution in [2.75, 3.05) is 0 Å². The fraction of sp³-hybridized carbons (Fsp3) is 0. The third-order valence-corrected chi connectivity index (χ3v) is 3.05. The zero-order valence-electron chi connectivity index (χ0n) is 9.39. The van der Waals surface area contributed by atoms with Crippen LogP contribution < -0.4 is 0 Å². The molecule has 2 rings (SSSR count). The maximum absolute atomic E-state index is 10.8. The van der Waals surface area contributed by atoms with E-state index in [1.807, 2.05) is 23.6 Å². The third kappa shape index (κ3) is 3.11. The van der Waals surface area contributed by atoms with E-state index < -0.39 is 4.92 Å². The highest BCUT2D eigenvalue weighted by molar-refractivity contribution is 7.10. The monoisotopic (exact) mass is 258 g/mol. The standard InChI is InChI=1S/C13H10N2O2S/c16-15(17)13-6-2-1-4-11(13)10-14-8-7-12-5-3-9-18-12/h1-10H/b8-7+,14-10+. The summed E-state index contributed by atoms with van der Waals surface area (Å²) in [5.74, 6) is 0. The summed E-state index contributed by atoms with van der Waals surface area (Å²) in [6.45, 7) is 0. The lowest BCUT2D eigenvalue weighted by atomic mass is 10.2. The minimum Gasteiger partial charge on any atom is -0.264 e. The van der Waals surface area contributed by atoms with Crippen molar-refractivity contribution in [3.63, 3.8) is 0 Å². The molecule has 0 fully saturated rings. The highest BCUT2D eigenvalue weighted by Crippen LogP contribution is 2.15. The van der Waals surface area contributed by atoms with Gasteiger partial charge in [0.2, 0.25) is 0 Å². The quantitative estimate of drug-likeness (QED) is 0.476. The first-order valence-corrected chi connectivity index (χ1v) is 6.12. The molecule has 0 saturated carbocycles. The van der Waals surface area contributed by atoms with Crippen LogP contribution in [-0.4, -0.2) is 11.1 Å². The molecule has 1 heterocycles. The first kappa shape index (κ1) is 12.2. The number of hydrogen-bond acceptors (Lipinski definition) is 4. The van der Waals surface area contributed by atoms with Gasteiger partial charge in [0.25, 0.3) is 5.69 Å². The lowest BCUT2D eigenvalue weighted by Gasteiger charge is -1.94. The number of benzene rings is 1. The number of rotatable bonds is 4. The minimum atomic E-state index is -0.412. The summed E-state index contributed by atoms with van der Waals surface area (Å²) < 4.78 is 0. The Morgan fingerprint density at radius 1 is 1.22 bits per heavy atom. The lowest BCUT2D eigenvalue weighted by molar-refractivity contribution is -0.385. The predicted molar refractivity (Wildman–Crippen MR) is 74.0 cm³/mol. The Balaban J connectivity index is 2.12. The number of nitro benzene ring substituents is 1. The van der Waals surface area contributed by atoms with Crippen LogP contribution in [0.4, 0.5) is 5.69 Å². The summed E-state index contributed by atoms with van der Waals surface area (Å²) in [6.07, 6.45) is 4.97. The average Bonchev–Trinajstić information content (AvgIpc) is 2.88. The van der Waals surface area contributed by atoms with E-state index in [0.717, 1.165) is 4.88 Å². The highest BCUT2D eigenvalue weighted by Gasteiger charge is 2.09. The van der Waals surface area contributed by atoms with Crippen molar-refractivity contribution in [2.24, 2.45) is 4.99 Å². The van der Waals surface area contributed by atoms with Gasteiger partial charge < -0.3 is 0 Å². The van der Waals surface area contributed by atoms with E-state index in [1.165, 1.54) is 12.3 Å². The molecule has 0 N–H and O–H groups in total. The summed E-state index contributed by atoms with van der Waals surface area (Å²) >= 11 is 1.61. The molecule has 0 aliphatic carbocycles. The van der Waals surface area contributed by atoms with Crippen molar-refractivity contribution in [3.05, 3.63) is 68.5 Å². The Morgan fingerprint density at radius 2 is 2.06 bits per heavy atom. The number of thiophene rings is 1. The Hall–Kier alpha value is -2.27. The molecule has 0 saturated heterocycles. The molecular weight excluding hydrogens is 248 g/mol. The summed E-state index contributed by atoms with van der Waals surface area (Å²) in [5.41, 5.74) is 0.559. The second-order valence-electron chi connectivity index (χ2n) is 3.43. The molecule has 0 unspecified atom stereocenters. The fourth-order valence-corrected chi connectivity index (χ4v) is 2.00. The Morgan fingerprint density at radius 3 is 2.78 bits per heavy atom. The molecule has 90 valence electrons. The van der Waals surface area contributed by atoms with Gasteiger partial charge in [-0.3, -0.25) is 15.1 Å². The van der Waals surface area contributed by atoms with Crippen molar-refractivity contribution in [3.8, 4) is 0 Å². The third-order valence-electron chi connectivity index (χ3n) is 2.22. The van der Waals surface area contributed by atoms with Gasteiger partial charge in [0.05, 0.1) is 10.5 Å². The van der Waals surface area contributed by atoms with Crippen molar-refractivity contribution in [1.82, 2.24) is 0 Å². The summed E-state index contributed by atoms with van der Waals surface area (Å²) in [4.78, 5) is 15.5. The number of nitrogens with zero attached hydrogens (tertiary/aromatic N) is 2. The van der Waals surface area contributed by atoms with Crippen LogP contribution in [0.3, 0.4) is 0 Å². The zero-order chi connectivity index (χ0) is 12.8. The molecule has 2 aromatic rings. The van der Waals surface area contributed by atoms with E-state index in [0.29, 0.717) is 5.56 Å². The molecule has 0 bridgehead atoms. The molecule has 0 spiro atoms. The van der Waals surface area contributed by atoms with Crippen molar-refractivity contribution < 1.29 is 4.92 Å². The molecule has 0 aliphatic rings. The number of nitro groups is 1. The van der Waals surface area contributed by atoms with Crippen molar-refractivity contribution >= 4 is 29.3 Å². The number of hydrogen-bond donors (Lipinski definition) is 0. The van der Waals surface area contributed by atoms with Gasteiger partial charge in [0.1, 0.15) is 0 Å². The highest BCUT2D eigenvalue weighted by atomic mass is 32.1. The molecule has 1 aromatic carbocycles. The van der Waals surface area contributed by atoms with Gasteiger partial charge >= 0.3 is 0 Å². The molecule has 0 radical (unpaired) electrons. The fourth-order valence-electron chi connectivity index (χ4n) is 1.39. The van der Waals surface area contributed by atoms with Crippen LogP contribution in [0.1, 0.15) is 10.4 Å². The van der Waals surface area contributed by atoms with E-state index in [-0.39, 0.29) is 5.69 Å². The van der Waals surface area contributed by atoms with Crippen LogP contribution in [0, 0.1) is 10.1 Å². The maximum Gasteiger partial charge on any atom is 0.278 e. The van der Waals surface area contributed by atoms with Gasteiger partial charge in [0, 0.05) is 23.4 Å². The molecular formula is C13H10N2O2S. The van der Waals surface area contributed by atoms with Crippen LogP contribution in [0.5, 0.6) is 0 Å². The molecule has 4 nitrogen and oxygen atoms in total. The first-order valence-electron chi connectivity index (χ1n) is 5.24. The Kier molecular flexibility index (Phi) is 3.98. The molecule has 5 heteroatoms. The van der Waals surface area contributed by atoms with Gasteiger partial charge in [0.15, 0.2) is 0 Å². The van der Waals surface area contributed by atoms with Gasteiger partial charge in [-0.05, 0) is 23.6 Å². The number of aliphatic imine (C=N–C) groups is 1. The summed E-state index contributed by atoms with van der Waals surface area (Å²) in [7, 11) is 0. The first-order chi connectivity index (χ1) is 8.77. The lowest BCUT2D eigenvalue weighted by Crippen LogP contribution is -1.93. The van der Waals surface area contributed by atoms with E-state index in [9.17, 15) is 10.1 Å². The van der Waals surface area contributed by atoms with Crippen LogP contribution >= 0.6 is 11.3 Å². The van der Waals surface area contributed by atoms with Crippen LogP contribution in [0.25, 0.3) is 6.08 Å². The minimum absolute atomic E-state index is 0.0609. The van der Waals surface area contributed by atoms with Crippen LogP contribution in [-0.2, 0) is 0 Å². The molecule has 0 atom stereocenters. The smallest absolute Gasteiger partial charge is 0.264 e. The summed E-state index contributed by atoms with van der Waals surface area (Å²) in [5, 5.41) is 12.7. The SMILES string of the molecule is O=[N+]([O-])c1ccccc1/C=N/C=C/c1cccs1. The Bertz CT molecular complexity index is 589. The second kappa shape index (κ2) is 5.88. The second-order valence-corrected chi connectivity index (χ2v) is 4.40. The number of para-hydroxylation sites is 1. The largest absolute Gasteiger partial charge is 0.278 e. The molecule has 0 amide bonds. The van der Waals surface area contributed by atoms with E-state index in [1.54, 1.807) is 35.7 Å². The zero-order valence-corrected chi connectivity index (χ0v) is 10.2. The summed E-state index contributed by atoms with van der Waals surface area (Å²) in [6, 6.07) is 10.4. The maximum atomic E-state index is 10.8. The van der Waals surface area contributed by atoms with Crippen LogP contribution in [0.15, 0.2) is 53.0 Å². The molecule has 1 aromatic heterocycles.